The van der Waals surface area contributed by atoms with Gasteiger partial charge in [-0.3, -0.25) is 0 Å². The van der Waals surface area contributed by atoms with Crippen molar-refractivity contribution in [3.05, 3.63) is 34.9 Å². The molecular formula is C10H16N2. The van der Waals surface area contributed by atoms with Crippen LogP contribution in [-0.2, 0) is 0 Å². The molecule has 0 spiro atoms. The molecule has 0 saturated heterocycles. The molecule has 0 heterocycles. The van der Waals surface area contributed by atoms with E-state index in [9.17, 15) is 0 Å². The molecule has 0 aliphatic heterocycles. The minimum Gasteiger partial charge on any atom is -0.329 e. The lowest BCUT2D eigenvalue weighted by atomic mass is 10.00. The van der Waals surface area contributed by atoms with Gasteiger partial charge in [0.25, 0.3) is 0 Å². The van der Waals surface area contributed by atoms with Crippen molar-refractivity contribution < 1.29 is 0 Å². The number of benzene rings is 1. The number of rotatable bonds is 2. The molecular weight excluding hydrogens is 148 g/mol. The second kappa shape index (κ2) is 3.70. The number of aryl methyl sites for hydroxylation is 2. The van der Waals surface area contributed by atoms with Gasteiger partial charge < -0.3 is 11.5 Å². The van der Waals surface area contributed by atoms with Crippen molar-refractivity contribution in [2.75, 3.05) is 6.54 Å². The molecule has 0 aliphatic rings. The van der Waals surface area contributed by atoms with E-state index in [1.54, 1.807) is 0 Å². The second-order valence-electron chi connectivity index (χ2n) is 3.20. The average Bonchev–Trinajstić information content (AvgIpc) is 2.03. The van der Waals surface area contributed by atoms with Crippen molar-refractivity contribution in [1.82, 2.24) is 0 Å². The summed E-state index contributed by atoms with van der Waals surface area (Å²) in [7, 11) is 0. The summed E-state index contributed by atoms with van der Waals surface area (Å²) in [5.74, 6) is 0. The van der Waals surface area contributed by atoms with Crippen LogP contribution in [0.5, 0.6) is 0 Å². The van der Waals surface area contributed by atoms with E-state index in [1.165, 1.54) is 11.1 Å². The van der Waals surface area contributed by atoms with E-state index in [-0.39, 0.29) is 6.04 Å². The van der Waals surface area contributed by atoms with Gasteiger partial charge >= 0.3 is 0 Å². The van der Waals surface area contributed by atoms with E-state index in [0.717, 1.165) is 5.56 Å². The van der Waals surface area contributed by atoms with Gasteiger partial charge in [-0.1, -0.05) is 23.8 Å². The average molecular weight is 164 g/mol. The van der Waals surface area contributed by atoms with Crippen LogP contribution in [0.3, 0.4) is 0 Å². The molecule has 0 amide bonds. The van der Waals surface area contributed by atoms with Gasteiger partial charge in [0.05, 0.1) is 0 Å². The van der Waals surface area contributed by atoms with E-state index in [1.807, 2.05) is 0 Å². The Labute approximate surface area is 73.6 Å². The molecule has 0 unspecified atom stereocenters. The highest BCUT2D eigenvalue weighted by Gasteiger charge is 2.05. The molecule has 4 N–H and O–H groups in total. The van der Waals surface area contributed by atoms with E-state index >= 15 is 0 Å². The summed E-state index contributed by atoms with van der Waals surface area (Å²) in [5.41, 5.74) is 15.0. The maximum Gasteiger partial charge on any atom is 0.0422 e. The first-order chi connectivity index (χ1) is 5.65. The van der Waals surface area contributed by atoms with Crippen LogP contribution in [0, 0.1) is 13.8 Å². The highest BCUT2D eigenvalue weighted by atomic mass is 14.7. The Hall–Kier alpha value is -0.860. The van der Waals surface area contributed by atoms with Crippen LogP contribution in [0.1, 0.15) is 22.7 Å². The van der Waals surface area contributed by atoms with Crippen LogP contribution >= 0.6 is 0 Å². The van der Waals surface area contributed by atoms with Crippen molar-refractivity contribution in [2.45, 2.75) is 19.9 Å². The van der Waals surface area contributed by atoms with Crippen molar-refractivity contribution in [2.24, 2.45) is 11.5 Å². The highest BCUT2D eigenvalue weighted by Crippen LogP contribution is 2.15. The van der Waals surface area contributed by atoms with Gasteiger partial charge in [-0.25, -0.2) is 0 Å². The fraction of sp³-hybridized carbons (Fsp3) is 0.400. The Morgan fingerprint density at radius 2 is 2.00 bits per heavy atom. The summed E-state index contributed by atoms with van der Waals surface area (Å²) >= 11 is 0. The third kappa shape index (κ3) is 1.84. The van der Waals surface area contributed by atoms with Crippen molar-refractivity contribution >= 4 is 0 Å². The number of hydrogen-bond donors (Lipinski definition) is 2. The fourth-order valence-corrected chi connectivity index (χ4v) is 1.37. The molecule has 0 aliphatic carbocycles. The molecule has 1 rings (SSSR count). The molecule has 2 heteroatoms. The van der Waals surface area contributed by atoms with Crippen molar-refractivity contribution in [3.63, 3.8) is 0 Å². The molecule has 1 aromatic rings. The zero-order chi connectivity index (χ0) is 9.14. The third-order valence-electron chi connectivity index (χ3n) is 2.08. The van der Waals surface area contributed by atoms with Crippen molar-refractivity contribution in [3.8, 4) is 0 Å². The predicted molar refractivity (Wildman–Crippen MR) is 51.9 cm³/mol. The minimum absolute atomic E-state index is 0.0226. The SMILES string of the molecule is Cc1ccc([C@H](N)CN)c(C)c1. The Bertz CT molecular complexity index is 269. The van der Waals surface area contributed by atoms with Gasteiger partial charge in [0.2, 0.25) is 0 Å². The van der Waals surface area contributed by atoms with Crippen LogP contribution in [0.2, 0.25) is 0 Å². The van der Waals surface area contributed by atoms with Crippen LogP contribution in [0.4, 0.5) is 0 Å². The summed E-state index contributed by atoms with van der Waals surface area (Å²) in [4.78, 5) is 0. The summed E-state index contributed by atoms with van der Waals surface area (Å²) in [6.07, 6.45) is 0. The van der Waals surface area contributed by atoms with Gasteiger partial charge in [-0.15, -0.1) is 0 Å². The molecule has 66 valence electrons. The van der Waals surface area contributed by atoms with E-state index in [0.29, 0.717) is 6.54 Å². The smallest absolute Gasteiger partial charge is 0.0422 e. The molecule has 12 heavy (non-hydrogen) atoms. The maximum absolute atomic E-state index is 5.82. The quantitative estimate of drug-likeness (QED) is 0.691. The van der Waals surface area contributed by atoms with E-state index in [4.69, 9.17) is 11.5 Å². The molecule has 0 aromatic heterocycles. The summed E-state index contributed by atoms with van der Waals surface area (Å²) in [6.45, 7) is 4.65. The largest absolute Gasteiger partial charge is 0.329 e. The normalized spacial score (nSPS) is 13.0. The summed E-state index contributed by atoms with van der Waals surface area (Å²) in [5, 5.41) is 0. The van der Waals surface area contributed by atoms with Crippen LogP contribution in [0.25, 0.3) is 0 Å². The first-order valence-electron chi connectivity index (χ1n) is 4.18. The van der Waals surface area contributed by atoms with E-state index < -0.39 is 0 Å². The molecule has 2 nitrogen and oxygen atoms in total. The van der Waals surface area contributed by atoms with Gasteiger partial charge in [-0.2, -0.15) is 0 Å². The van der Waals surface area contributed by atoms with Gasteiger partial charge in [-0.05, 0) is 25.0 Å². The van der Waals surface area contributed by atoms with Crippen LogP contribution in [-0.4, -0.2) is 6.54 Å². The van der Waals surface area contributed by atoms with Gasteiger partial charge in [0.1, 0.15) is 0 Å². The number of nitrogens with two attached hydrogens (primary N) is 2. The summed E-state index contributed by atoms with van der Waals surface area (Å²) < 4.78 is 0. The monoisotopic (exact) mass is 164 g/mol. The minimum atomic E-state index is -0.0226. The lowest BCUT2D eigenvalue weighted by Gasteiger charge is -2.12. The topological polar surface area (TPSA) is 52.0 Å². The predicted octanol–water partition coefficient (Wildman–Crippen LogP) is 1.26. The van der Waals surface area contributed by atoms with Crippen molar-refractivity contribution in [1.29, 1.82) is 0 Å². The lowest BCUT2D eigenvalue weighted by Crippen LogP contribution is -2.21. The van der Waals surface area contributed by atoms with Crippen LogP contribution < -0.4 is 11.5 Å². The zero-order valence-electron chi connectivity index (χ0n) is 7.67. The lowest BCUT2D eigenvalue weighted by molar-refractivity contribution is 0.731. The Morgan fingerprint density at radius 3 is 2.50 bits per heavy atom. The zero-order valence-corrected chi connectivity index (χ0v) is 7.67. The highest BCUT2D eigenvalue weighted by molar-refractivity contribution is 5.32. The first-order valence-corrected chi connectivity index (χ1v) is 4.18. The van der Waals surface area contributed by atoms with Crippen LogP contribution in [0.15, 0.2) is 18.2 Å². The van der Waals surface area contributed by atoms with Gasteiger partial charge in [0, 0.05) is 12.6 Å². The standard InChI is InChI=1S/C10H16N2/c1-7-3-4-9(8(2)5-7)10(12)6-11/h3-5,10H,6,11-12H2,1-2H3/t10-/m1/s1. The van der Waals surface area contributed by atoms with E-state index in [2.05, 4.69) is 32.0 Å². The maximum atomic E-state index is 5.82. The van der Waals surface area contributed by atoms with Gasteiger partial charge in [0.15, 0.2) is 0 Å². The Balaban J connectivity index is 3.01. The first kappa shape index (κ1) is 9.23. The second-order valence-corrected chi connectivity index (χ2v) is 3.20. The number of hydrogen-bond acceptors (Lipinski definition) is 2. The third-order valence-corrected chi connectivity index (χ3v) is 2.08. The molecule has 1 aromatic carbocycles. The molecule has 0 saturated carbocycles. The molecule has 0 fully saturated rings. The molecule has 0 bridgehead atoms. The molecule has 1 atom stereocenters. The fourth-order valence-electron chi connectivity index (χ4n) is 1.37. The Kier molecular flexibility index (Phi) is 2.84. The Morgan fingerprint density at radius 1 is 1.33 bits per heavy atom. The summed E-state index contributed by atoms with van der Waals surface area (Å²) in [6, 6.07) is 6.23. The molecule has 0 radical (unpaired) electrons.